The Bertz CT molecular complexity index is 1150. The lowest BCUT2D eigenvalue weighted by molar-refractivity contribution is -0.120. The van der Waals surface area contributed by atoms with Crippen LogP contribution < -0.4 is 10.1 Å². The number of methoxy groups -OCH3 is 1. The molecule has 0 spiro atoms. The van der Waals surface area contributed by atoms with Crippen LogP contribution in [0.15, 0.2) is 72.9 Å². The summed E-state index contributed by atoms with van der Waals surface area (Å²) in [5.74, 6) is 0.668. The first kappa shape index (κ1) is 19.0. The van der Waals surface area contributed by atoms with Gasteiger partial charge in [-0.2, -0.15) is 0 Å². The minimum absolute atomic E-state index is 0.0863. The van der Waals surface area contributed by atoms with E-state index in [2.05, 4.69) is 5.32 Å². The number of benzene rings is 2. The van der Waals surface area contributed by atoms with Crippen LogP contribution in [0.5, 0.6) is 5.75 Å². The highest BCUT2D eigenvalue weighted by atomic mass is 35.5. The highest BCUT2D eigenvalue weighted by molar-refractivity contribution is 6.30. The molecule has 4 aromatic rings. The van der Waals surface area contributed by atoms with Gasteiger partial charge in [-0.15, -0.1) is 0 Å². The van der Waals surface area contributed by atoms with E-state index in [4.69, 9.17) is 21.3 Å². The lowest BCUT2D eigenvalue weighted by atomic mass is 10.1. The topological polar surface area (TPSA) is 55.6 Å². The molecule has 4 rings (SSSR count). The molecule has 0 aliphatic carbocycles. The fourth-order valence-electron chi connectivity index (χ4n) is 3.31. The van der Waals surface area contributed by atoms with E-state index < -0.39 is 0 Å². The molecule has 0 unspecified atom stereocenters. The Morgan fingerprint density at radius 3 is 2.62 bits per heavy atom. The zero-order chi connectivity index (χ0) is 20.2. The fourth-order valence-corrected chi connectivity index (χ4v) is 3.44. The molecule has 0 aliphatic heterocycles. The number of amides is 1. The molecule has 6 heteroatoms. The monoisotopic (exact) mass is 405 g/mol. The van der Waals surface area contributed by atoms with Crippen LogP contribution in [-0.2, 0) is 17.8 Å². The summed E-state index contributed by atoms with van der Waals surface area (Å²) in [6.45, 7) is 0.399. The molecule has 2 aromatic carbocycles. The summed E-state index contributed by atoms with van der Waals surface area (Å²) < 4.78 is 7.30. The summed E-state index contributed by atoms with van der Waals surface area (Å²) in [4.78, 5) is 17.5. The van der Waals surface area contributed by atoms with Gasteiger partial charge in [-0.3, -0.25) is 4.79 Å². The Morgan fingerprint density at radius 2 is 1.83 bits per heavy atom. The minimum atomic E-state index is -0.0863. The largest absolute Gasteiger partial charge is 0.496 e. The van der Waals surface area contributed by atoms with Gasteiger partial charge in [0, 0.05) is 28.9 Å². The van der Waals surface area contributed by atoms with Gasteiger partial charge in [-0.1, -0.05) is 48.0 Å². The molecule has 0 bridgehead atoms. The van der Waals surface area contributed by atoms with E-state index in [1.807, 2.05) is 77.3 Å². The SMILES string of the molecule is COc1ccccc1CNC(=O)Cc1c(-c2ccc(Cl)cc2)nc2ccccn12. The van der Waals surface area contributed by atoms with Gasteiger partial charge in [-0.05, 0) is 30.3 Å². The van der Waals surface area contributed by atoms with Crippen molar-refractivity contribution in [3.05, 3.63) is 89.2 Å². The van der Waals surface area contributed by atoms with Crippen molar-refractivity contribution in [1.82, 2.24) is 14.7 Å². The van der Waals surface area contributed by atoms with Crippen LogP contribution in [-0.4, -0.2) is 22.4 Å². The molecule has 1 amide bonds. The molecule has 2 aromatic heterocycles. The van der Waals surface area contributed by atoms with Gasteiger partial charge in [0.05, 0.1) is 24.9 Å². The maximum Gasteiger partial charge on any atom is 0.226 e. The molecule has 0 aliphatic rings. The van der Waals surface area contributed by atoms with Gasteiger partial charge in [0.25, 0.3) is 0 Å². The van der Waals surface area contributed by atoms with Crippen molar-refractivity contribution in [3.8, 4) is 17.0 Å². The predicted molar refractivity (Wildman–Crippen MR) is 114 cm³/mol. The number of carbonyl (C=O) groups excluding carboxylic acids is 1. The lowest BCUT2D eigenvalue weighted by Crippen LogP contribution is -2.25. The second-order valence-corrected chi connectivity index (χ2v) is 7.04. The summed E-state index contributed by atoms with van der Waals surface area (Å²) in [5.41, 5.74) is 4.26. The molecule has 29 heavy (non-hydrogen) atoms. The molecule has 5 nitrogen and oxygen atoms in total. The van der Waals surface area contributed by atoms with E-state index in [0.29, 0.717) is 11.6 Å². The average Bonchev–Trinajstić information content (AvgIpc) is 3.11. The summed E-state index contributed by atoms with van der Waals surface area (Å²) in [5, 5.41) is 3.64. The van der Waals surface area contributed by atoms with Gasteiger partial charge in [0.15, 0.2) is 0 Å². The third-order valence-corrected chi connectivity index (χ3v) is 5.00. The third-order valence-electron chi connectivity index (χ3n) is 4.74. The van der Waals surface area contributed by atoms with Crippen molar-refractivity contribution < 1.29 is 9.53 Å². The predicted octanol–water partition coefficient (Wildman–Crippen LogP) is 4.52. The van der Waals surface area contributed by atoms with Crippen LogP contribution >= 0.6 is 11.6 Å². The second-order valence-electron chi connectivity index (χ2n) is 6.61. The first-order valence-corrected chi connectivity index (χ1v) is 9.64. The molecule has 0 fully saturated rings. The zero-order valence-electron chi connectivity index (χ0n) is 15.9. The molecule has 0 saturated carbocycles. The Kier molecular flexibility index (Phi) is 5.49. The van der Waals surface area contributed by atoms with Crippen LogP contribution in [0.1, 0.15) is 11.3 Å². The molecule has 1 N–H and O–H groups in total. The number of hydrogen-bond acceptors (Lipinski definition) is 3. The maximum atomic E-state index is 12.8. The van der Waals surface area contributed by atoms with E-state index in [-0.39, 0.29) is 12.3 Å². The number of fused-ring (bicyclic) bond motifs is 1. The fraction of sp³-hybridized carbons (Fsp3) is 0.130. The Morgan fingerprint density at radius 1 is 1.07 bits per heavy atom. The maximum absolute atomic E-state index is 12.8. The standard InChI is InChI=1S/C23H20ClN3O2/c1-29-20-7-3-2-6-17(20)15-25-22(28)14-19-23(16-9-11-18(24)12-10-16)26-21-8-4-5-13-27(19)21/h2-13H,14-15H2,1H3,(H,25,28). The summed E-state index contributed by atoms with van der Waals surface area (Å²) in [7, 11) is 1.62. The van der Waals surface area contributed by atoms with E-state index >= 15 is 0 Å². The second kappa shape index (κ2) is 8.37. The minimum Gasteiger partial charge on any atom is -0.496 e. The first-order chi connectivity index (χ1) is 14.2. The number of halogens is 1. The highest BCUT2D eigenvalue weighted by Gasteiger charge is 2.17. The van der Waals surface area contributed by atoms with Crippen molar-refractivity contribution in [1.29, 1.82) is 0 Å². The van der Waals surface area contributed by atoms with Gasteiger partial charge >= 0.3 is 0 Å². The number of nitrogens with one attached hydrogen (secondary N) is 1. The van der Waals surface area contributed by atoms with Crippen LogP contribution in [0.3, 0.4) is 0 Å². The van der Waals surface area contributed by atoms with Gasteiger partial charge in [0.1, 0.15) is 11.4 Å². The Balaban J connectivity index is 1.60. The van der Waals surface area contributed by atoms with Crippen LogP contribution in [0, 0.1) is 0 Å². The molecule has 0 atom stereocenters. The lowest BCUT2D eigenvalue weighted by Gasteiger charge is -2.10. The number of imidazole rings is 1. The van der Waals surface area contributed by atoms with Crippen molar-refractivity contribution >= 4 is 23.2 Å². The van der Waals surface area contributed by atoms with E-state index in [1.165, 1.54) is 0 Å². The number of rotatable bonds is 6. The van der Waals surface area contributed by atoms with Gasteiger partial charge in [0.2, 0.25) is 5.91 Å². The van der Waals surface area contributed by atoms with Crippen molar-refractivity contribution in [2.75, 3.05) is 7.11 Å². The number of aromatic nitrogens is 2. The van der Waals surface area contributed by atoms with Crippen LogP contribution in [0.4, 0.5) is 0 Å². The number of para-hydroxylation sites is 1. The van der Waals surface area contributed by atoms with Crippen molar-refractivity contribution in [2.45, 2.75) is 13.0 Å². The quantitative estimate of drug-likeness (QED) is 0.513. The van der Waals surface area contributed by atoms with E-state index in [1.54, 1.807) is 7.11 Å². The summed E-state index contributed by atoms with van der Waals surface area (Å²) >= 11 is 6.03. The molecule has 0 radical (unpaired) electrons. The molecule has 2 heterocycles. The van der Waals surface area contributed by atoms with E-state index in [9.17, 15) is 4.79 Å². The highest BCUT2D eigenvalue weighted by Crippen LogP contribution is 2.26. The zero-order valence-corrected chi connectivity index (χ0v) is 16.7. The normalized spacial score (nSPS) is 10.8. The number of hydrogen-bond donors (Lipinski definition) is 1. The Labute approximate surface area is 173 Å². The number of pyridine rings is 1. The van der Waals surface area contributed by atoms with Crippen LogP contribution in [0.2, 0.25) is 5.02 Å². The summed E-state index contributed by atoms with van der Waals surface area (Å²) in [6, 6.07) is 20.9. The van der Waals surface area contributed by atoms with E-state index in [0.717, 1.165) is 33.9 Å². The third kappa shape index (κ3) is 4.10. The molecular weight excluding hydrogens is 386 g/mol. The number of ether oxygens (including phenoxy) is 1. The van der Waals surface area contributed by atoms with Gasteiger partial charge in [-0.25, -0.2) is 4.98 Å². The van der Waals surface area contributed by atoms with Crippen molar-refractivity contribution in [3.63, 3.8) is 0 Å². The van der Waals surface area contributed by atoms with Crippen molar-refractivity contribution in [2.24, 2.45) is 0 Å². The first-order valence-electron chi connectivity index (χ1n) is 9.26. The summed E-state index contributed by atoms with van der Waals surface area (Å²) in [6.07, 6.45) is 2.13. The number of carbonyl (C=O) groups is 1. The van der Waals surface area contributed by atoms with Crippen LogP contribution in [0.25, 0.3) is 16.9 Å². The number of nitrogens with zero attached hydrogens (tertiary/aromatic N) is 2. The average molecular weight is 406 g/mol. The smallest absolute Gasteiger partial charge is 0.226 e. The molecule has 146 valence electrons. The molecule has 0 saturated heterocycles. The van der Waals surface area contributed by atoms with Gasteiger partial charge < -0.3 is 14.5 Å². The molecular formula is C23H20ClN3O2. The Hall–Kier alpha value is -3.31.